The van der Waals surface area contributed by atoms with Crippen molar-refractivity contribution in [2.24, 2.45) is 0 Å². The number of amides is 1. The molecule has 6 heteroatoms. The van der Waals surface area contributed by atoms with E-state index in [1.807, 2.05) is 37.3 Å². The van der Waals surface area contributed by atoms with Crippen LogP contribution < -0.4 is 10.1 Å². The molecule has 0 aliphatic rings. The van der Waals surface area contributed by atoms with Crippen LogP contribution in [0.1, 0.15) is 17.7 Å². The Hall–Kier alpha value is -2.73. The second kappa shape index (κ2) is 8.10. The molecule has 0 saturated carbocycles. The van der Waals surface area contributed by atoms with Gasteiger partial charge in [-0.05, 0) is 36.6 Å². The van der Waals surface area contributed by atoms with Crippen LogP contribution in [0.4, 0.5) is 9.52 Å². The average Bonchev–Trinajstić information content (AvgIpc) is 3.01. The number of anilines is 1. The first-order valence-electron chi connectivity index (χ1n) is 8.22. The monoisotopic (exact) mass is 370 g/mol. The topological polar surface area (TPSA) is 51.2 Å². The Balaban J connectivity index is 1.61. The van der Waals surface area contributed by atoms with Crippen LogP contribution in [-0.4, -0.2) is 18.0 Å². The standard InChI is InChI=1S/C20H19FN2O2S/c1-13-19(15-6-4-3-5-7-15)26-20(22-13)23-18(24)11-9-14-8-10-17(25-2)16(21)12-14/h3-8,10,12H,9,11H2,1-2H3,(H,22,23,24). The van der Waals surface area contributed by atoms with Gasteiger partial charge in [-0.15, -0.1) is 0 Å². The van der Waals surface area contributed by atoms with E-state index in [2.05, 4.69) is 10.3 Å². The zero-order valence-corrected chi connectivity index (χ0v) is 15.4. The van der Waals surface area contributed by atoms with Crippen LogP contribution in [0.2, 0.25) is 0 Å². The molecule has 1 heterocycles. The lowest BCUT2D eigenvalue weighted by molar-refractivity contribution is -0.116. The summed E-state index contributed by atoms with van der Waals surface area (Å²) in [5.74, 6) is -0.368. The van der Waals surface area contributed by atoms with Gasteiger partial charge >= 0.3 is 0 Å². The van der Waals surface area contributed by atoms with Crippen molar-refractivity contribution in [2.45, 2.75) is 19.8 Å². The molecule has 4 nitrogen and oxygen atoms in total. The first kappa shape index (κ1) is 18.1. The van der Waals surface area contributed by atoms with Crippen LogP contribution in [0.3, 0.4) is 0 Å². The van der Waals surface area contributed by atoms with Crippen LogP contribution in [0.25, 0.3) is 10.4 Å². The summed E-state index contributed by atoms with van der Waals surface area (Å²) in [6, 6.07) is 14.7. The van der Waals surface area contributed by atoms with Gasteiger partial charge in [0.2, 0.25) is 5.91 Å². The van der Waals surface area contributed by atoms with Crippen LogP contribution in [0, 0.1) is 12.7 Å². The molecule has 0 aliphatic carbocycles. The zero-order chi connectivity index (χ0) is 18.5. The normalized spacial score (nSPS) is 10.6. The number of ether oxygens (including phenoxy) is 1. The first-order chi connectivity index (χ1) is 12.6. The number of carbonyl (C=O) groups excluding carboxylic acids is 1. The first-order valence-corrected chi connectivity index (χ1v) is 9.03. The highest BCUT2D eigenvalue weighted by Crippen LogP contribution is 2.32. The number of thiazole rings is 1. The number of halogens is 1. The summed E-state index contributed by atoms with van der Waals surface area (Å²) in [5, 5.41) is 3.41. The van der Waals surface area contributed by atoms with E-state index in [0.717, 1.165) is 21.7 Å². The molecule has 1 aromatic heterocycles. The highest BCUT2D eigenvalue weighted by molar-refractivity contribution is 7.19. The average molecular weight is 370 g/mol. The van der Waals surface area contributed by atoms with Gasteiger partial charge in [0.05, 0.1) is 17.7 Å². The zero-order valence-electron chi connectivity index (χ0n) is 14.6. The van der Waals surface area contributed by atoms with E-state index < -0.39 is 5.82 Å². The van der Waals surface area contributed by atoms with Crippen LogP contribution >= 0.6 is 11.3 Å². The molecular formula is C20H19FN2O2S. The van der Waals surface area contributed by atoms with Crippen LogP contribution in [0.5, 0.6) is 5.75 Å². The van der Waals surface area contributed by atoms with Gasteiger partial charge in [-0.1, -0.05) is 47.7 Å². The molecule has 0 bridgehead atoms. The molecule has 26 heavy (non-hydrogen) atoms. The van der Waals surface area contributed by atoms with E-state index >= 15 is 0 Å². The molecule has 3 aromatic rings. The Morgan fingerprint density at radius 3 is 2.69 bits per heavy atom. The molecule has 1 amide bonds. The van der Waals surface area contributed by atoms with Gasteiger partial charge in [-0.2, -0.15) is 0 Å². The largest absolute Gasteiger partial charge is 0.494 e. The van der Waals surface area contributed by atoms with Crippen LogP contribution in [0.15, 0.2) is 48.5 Å². The second-order valence-electron chi connectivity index (χ2n) is 5.82. The Kier molecular flexibility index (Phi) is 5.63. The van der Waals surface area contributed by atoms with Crippen molar-refractivity contribution in [1.29, 1.82) is 0 Å². The SMILES string of the molecule is COc1ccc(CCC(=O)Nc2nc(C)c(-c3ccccc3)s2)cc1F. The second-order valence-corrected chi connectivity index (χ2v) is 6.82. The lowest BCUT2D eigenvalue weighted by Gasteiger charge is -2.05. The summed E-state index contributed by atoms with van der Waals surface area (Å²) in [6.07, 6.45) is 0.702. The van der Waals surface area contributed by atoms with E-state index in [1.54, 1.807) is 12.1 Å². The molecule has 0 unspecified atom stereocenters. The van der Waals surface area contributed by atoms with E-state index in [0.29, 0.717) is 11.6 Å². The predicted molar refractivity (Wildman–Crippen MR) is 102 cm³/mol. The van der Waals surface area contributed by atoms with Gasteiger partial charge < -0.3 is 10.1 Å². The summed E-state index contributed by atoms with van der Waals surface area (Å²) >= 11 is 1.45. The molecule has 134 valence electrons. The number of rotatable bonds is 6. The number of carbonyl (C=O) groups is 1. The van der Waals surface area contributed by atoms with Gasteiger partial charge in [-0.25, -0.2) is 9.37 Å². The Bertz CT molecular complexity index is 909. The fraction of sp³-hybridized carbons (Fsp3) is 0.200. The molecule has 0 aliphatic heterocycles. The molecule has 1 N–H and O–H groups in total. The fourth-order valence-electron chi connectivity index (χ4n) is 2.61. The summed E-state index contributed by atoms with van der Waals surface area (Å²) in [4.78, 5) is 17.7. The number of aromatic nitrogens is 1. The Morgan fingerprint density at radius 1 is 1.23 bits per heavy atom. The van der Waals surface area contributed by atoms with Crippen LogP contribution in [-0.2, 0) is 11.2 Å². The maximum Gasteiger partial charge on any atom is 0.226 e. The summed E-state index contributed by atoms with van der Waals surface area (Å²) in [5.41, 5.74) is 2.71. The molecule has 2 aromatic carbocycles. The number of aryl methyl sites for hydroxylation is 2. The van der Waals surface area contributed by atoms with Crippen molar-refractivity contribution in [3.8, 4) is 16.2 Å². The van der Waals surface area contributed by atoms with Crippen molar-refractivity contribution in [3.63, 3.8) is 0 Å². The van der Waals surface area contributed by atoms with Gasteiger partial charge in [0.1, 0.15) is 0 Å². The highest BCUT2D eigenvalue weighted by Gasteiger charge is 2.12. The van der Waals surface area contributed by atoms with Gasteiger partial charge in [0.25, 0.3) is 0 Å². The van der Waals surface area contributed by atoms with E-state index in [4.69, 9.17) is 4.74 Å². The molecule has 3 rings (SSSR count). The number of nitrogens with zero attached hydrogens (tertiary/aromatic N) is 1. The highest BCUT2D eigenvalue weighted by atomic mass is 32.1. The molecule has 0 atom stereocenters. The molecule has 0 radical (unpaired) electrons. The molecule has 0 spiro atoms. The van der Waals surface area contributed by atoms with Crippen molar-refractivity contribution < 1.29 is 13.9 Å². The van der Waals surface area contributed by atoms with Crippen molar-refractivity contribution in [1.82, 2.24) is 4.98 Å². The quantitative estimate of drug-likeness (QED) is 0.676. The summed E-state index contributed by atoms with van der Waals surface area (Å²) < 4.78 is 18.6. The minimum atomic E-state index is -0.423. The lowest BCUT2D eigenvalue weighted by atomic mass is 10.1. The fourth-order valence-corrected chi connectivity index (χ4v) is 3.60. The molecule has 0 fully saturated rings. The van der Waals surface area contributed by atoms with E-state index in [-0.39, 0.29) is 18.1 Å². The maximum atomic E-state index is 13.7. The van der Waals surface area contributed by atoms with Gasteiger partial charge in [0.15, 0.2) is 16.7 Å². The predicted octanol–water partition coefficient (Wildman–Crippen LogP) is 4.84. The van der Waals surface area contributed by atoms with Crippen molar-refractivity contribution >= 4 is 22.4 Å². The lowest BCUT2D eigenvalue weighted by Crippen LogP contribution is -2.12. The maximum absolute atomic E-state index is 13.7. The number of nitrogens with one attached hydrogen (secondary N) is 1. The third-order valence-corrected chi connectivity index (χ3v) is 5.06. The third kappa shape index (κ3) is 4.26. The summed E-state index contributed by atoms with van der Waals surface area (Å²) in [7, 11) is 1.42. The smallest absolute Gasteiger partial charge is 0.226 e. The van der Waals surface area contributed by atoms with Crippen molar-refractivity contribution in [3.05, 3.63) is 65.6 Å². The Morgan fingerprint density at radius 2 is 2.00 bits per heavy atom. The third-order valence-electron chi connectivity index (χ3n) is 3.94. The Labute approximate surface area is 155 Å². The number of hydrogen-bond donors (Lipinski definition) is 1. The van der Waals surface area contributed by atoms with E-state index in [1.165, 1.54) is 24.5 Å². The van der Waals surface area contributed by atoms with Gasteiger partial charge in [0, 0.05) is 6.42 Å². The number of methoxy groups -OCH3 is 1. The molecular weight excluding hydrogens is 351 g/mol. The van der Waals surface area contributed by atoms with E-state index in [9.17, 15) is 9.18 Å². The minimum absolute atomic E-state index is 0.144. The van der Waals surface area contributed by atoms with Crippen molar-refractivity contribution in [2.75, 3.05) is 12.4 Å². The van der Waals surface area contributed by atoms with Gasteiger partial charge in [-0.3, -0.25) is 4.79 Å². The summed E-state index contributed by atoms with van der Waals surface area (Å²) in [6.45, 7) is 1.93. The minimum Gasteiger partial charge on any atom is -0.494 e. The molecule has 0 saturated heterocycles. The number of benzene rings is 2. The number of hydrogen-bond acceptors (Lipinski definition) is 4.